The van der Waals surface area contributed by atoms with Crippen LogP contribution in [0.1, 0.15) is 5.56 Å². The highest BCUT2D eigenvalue weighted by Crippen LogP contribution is 2.28. The van der Waals surface area contributed by atoms with Crippen LogP contribution in [0.2, 0.25) is 0 Å². The third kappa shape index (κ3) is 2.58. The number of hydrogen-bond acceptors (Lipinski definition) is 4. The summed E-state index contributed by atoms with van der Waals surface area (Å²) in [5, 5.41) is 2.09. The molecule has 0 aliphatic carbocycles. The number of aromatic nitrogens is 2. The molecular formula is C16H14N2O3. The number of ether oxygens (including phenoxy) is 2. The van der Waals surface area contributed by atoms with Crippen LogP contribution in [0.5, 0.6) is 5.75 Å². The largest absolute Gasteiger partial charge is 0.496 e. The molecule has 0 amide bonds. The van der Waals surface area contributed by atoms with Gasteiger partial charge >= 0.3 is 6.09 Å². The molecule has 0 unspecified atom stereocenters. The quantitative estimate of drug-likeness (QED) is 0.740. The zero-order valence-electron chi connectivity index (χ0n) is 11.5. The second-order valence-electron chi connectivity index (χ2n) is 4.49. The van der Waals surface area contributed by atoms with Gasteiger partial charge in [0.05, 0.1) is 7.11 Å². The first-order chi connectivity index (χ1) is 10.3. The van der Waals surface area contributed by atoms with E-state index in [1.807, 2.05) is 36.4 Å². The van der Waals surface area contributed by atoms with Crippen LogP contribution in [0.3, 0.4) is 0 Å². The normalized spacial score (nSPS) is 10.5. The summed E-state index contributed by atoms with van der Waals surface area (Å²) in [5.74, 6) is 0.701. The fraction of sp³-hybridized carbons (Fsp3) is 0.125. The number of nitrogens with zero attached hydrogens (tertiary/aromatic N) is 2. The van der Waals surface area contributed by atoms with Crippen LogP contribution in [0.4, 0.5) is 4.79 Å². The van der Waals surface area contributed by atoms with Crippen LogP contribution < -0.4 is 4.74 Å². The molecule has 21 heavy (non-hydrogen) atoms. The van der Waals surface area contributed by atoms with E-state index in [0.29, 0.717) is 5.75 Å². The van der Waals surface area contributed by atoms with E-state index in [2.05, 4.69) is 4.98 Å². The zero-order valence-corrected chi connectivity index (χ0v) is 11.5. The molecule has 5 heteroatoms. The first kappa shape index (κ1) is 13.2. The molecule has 0 atom stereocenters. The molecule has 0 spiro atoms. The zero-order chi connectivity index (χ0) is 14.7. The Kier molecular flexibility index (Phi) is 3.55. The fourth-order valence-electron chi connectivity index (χ4n) is 2.23. The lowest BCUT2D eigenvalue weighted by molar-refractivity contribution is 0.140. The van der Waals surface area contributed by atoms with Gasteiger partial charge in [-0.1, -0.05) is 30.3 Å². The van der Waals surface area contributed by atoms with E-state index >= 15 is 0 Å². The van der Waals surface area contributed by atoms with Crippen LogP contribution in [0, 0.1) is 0 Å². The van der Waals surface area contributed by atoms with Gasteiger partial charge in [0, 0.05) is 18.0 Å². The number of rotatable bonds is 3. The average molecular weight is 282 g/mol. The maximum atomic E-state index is 11.9. The van der Waals surface area contributed by atoms with Crippen molar-refractivity contribution in [2.45, 2.75) is 6.61 Å². The first-order valence-corrected chi connectivity index (χ1v) is 6.49. The van der Waals surface area contributed by atoms with Gasteiger partial charge in [0.1, 0.15) is 18.7 Å². The maximum absolute atomic E-state index is 11.9. The third-order valence-electron chi connectivity index (χ3n) is 3.27. The van der Waals surface area contributed by atoms with Gasteiger partial charge in [0.25, 0.3) is 0 Å². The summed E-state index contributed by atoms with van der Waals surface area (Å²) in [6, 6.07) is 11.8. The van der Waals surface area contributed by atoms with Crippen molar-refractivity contribution in [1.29, 1.82) is 0 Å². The van der Waals surface area contributed by atoms with Crippen LogP contribution in [0.15, 0.2) is 55.1 Å². The molecule has 0 radical (unpaired) electrons. The lowest BCUT2D eigenvalue weighted by Crippen LogP contribution is -2.12. The van der Waals surface area contributed by atoms with Crippen LogP contribution in [0.25, 0.3) is 10.8 Å². The molecule has 5 nitrogen and oxygen atoms in total. The molecule has 0 bridgehead atoms. The van der Waals surface area contributed by atoms with Gasteiger partial charge in [-0.15, -0.1) is 0 Å². The van der Waals surface area contributed by atoms with Crippen molar-refractivity contribution < 1.29 is 14.3 Å². The predicted molar refractivity (Wildman–Crippen MR) is 78.3 cm³/mol. The van der Waals surface area contributed by atoms with E-state index in [9.17, 15) is 4.79 Å². The van der Waals surface area contributed by atoms with E-state index in [-0.39, 0.29) is 6.61 Å². The molecule has 0 N–H and O–H groups in total. The predicted octanol–water partition coefficient (Wildman–Crippen LogP) is 3.23. The van der Waals surface area contributed by atoms with Gasteiger partial charge in [-0.25, -0.2) is 14.3 Å². The maximum Gasteiger partial charge on any atom is 0.419 e. The van der Waals surface area contributed by atoms with Gasteiger partial charge in [0.15, 0.2) is 0 Å². The third-order valence-corrected chi connectivity index (χ3v) is 3.27. The molecule has 0 fully saturated rings. The van der Waals surface area contributed by atoms with Crippen molar-refractivity contribution in [1.82, 2.24) is 9.55 Å². The molecule has 106 valence electrons. The highest BCUT2D eigenvalue weighted by Gasteiger charge is 2.11. The first-order valence-electron chi connectivity index (χ1n) is 6.49. The van der Waals surface area contributed by atoms with E-state index in [4.69, 9.17) is 9.47 Å². The van der Waals surface area contributed by atoms with Gasteiger partial charge in [-0.2, -0.15) is 0 Å². The number of hydrogen-bond donors (Lipinski definition) is 0. The summed E-state index contributed by atoms with van der Waals surface area (Å²) >= 11 is 0. The number of benzene rings is 2. The number of fused-ring (bicyclic) bond motifs is 1. The number of carbonyl (C=O) groups is 1. The Labute approximate surface area is 121 Å². The SMILES string of the molecule is COc1ccc2ccccc2c1COC(=O)n1ccnc1. The summed E-state index contributed by atoms with van der Waals surface area (Å²) < 4.78 is 12.0. The molecule has 0 saturated carbocycles. The van der Waals surface area contributed by atoms with Gasteiger partial charge in [-0.3, -0.25) is 0 Å². The molecule has 0 aliphatic heterocycles. The number of methoxy groups -OCH3 is 1. The van der Waals surface area contributed by atoms with Gasteiger partial charge in [-0.05, 0) is 16.8 Å². The summed E-state index contributed by atoms with van der Waals surface area (Å²) in [4.78, 5) is 15.7. The Morgan fingerprint density at radius 3 is 2.86 bits per heavy atom. The molecular weight excluding hydrogens is 268 g/mol. The summed E-state index contributed by atoms with van der Waals surface area (Å²) in [5.41, 5.74) is 0.851. The van der Waals surface area contributed by atoms with Crippen molar-refractivity contribution in [3.8, 4) is 5.75 Å². The van der Waals surface area contributed by atoms with Crippen molar-refractivity contribution in [2.24, 2.45) is 0 Å². The van der Waals surface area contributed by atoms with Crippen LogP contribution in [-0.4, -0.2) is 22.8 Å². The van der Waals surface area contributed by atoms with Crippen molar-refractivity contribution >= 4 is 16.9 Å². The summed E-state index contributed by atoms with van der Waals surface area (Å²) in [6.45, 7) is 0.140. The molecule has 2 aromatic carbocycles. The van der Waals surface area contributed by atoms with Crippen molar-refractivity contribution in [3.63, 3.8) is 0 Å². The van der Waals surface area contributed by atoms with E-state index in [1.165, 1.54) is 17.1 Å². The Bertz CT molecular complexity index is 766. The van der Waals surface area contributed by atoms with Crippen molar-refractivity contribution in [3.05, 3.63) is 60.7 Å². The van der Waals surface area contributed by atoms with Crippen LogP contribution in [-0.2, 0) is 11.3 Å². The molecule has 3 rings (SSSR count). The highest BCUT2D eigenvalue weighted by molar-refractivity contribution is 5.87. The van der Waals surface area contributed by atoms with E-state index in [0.717, 1.165) is 16.3 Å². The highest BCUT2D eigenvalue weighted by atomic mass is 16.5. The monoisotopic (exact) mass is 282 g/mol. The van der Waals surface area contributed by atoms with Gasteiger partial charge < -0.3 is 9.47 Å². The second-order valence-corrected chi connectivity index (χ2v) is 4.49. The molecule has 1 aromatic heterocycles. The average Bonchev–Trinajstić information content (AvgIpc) is 3.06. The number of imidazole rings is 1. The van der Waals surface area contributed by atoms with Crippen LogP contribution >= 0.6 is 0 Å². The molecule has 0 saturated heterocycles. The number of carbonyl (C=O) groups excluding carboxylic acids is 1. The lowest BCUT2D eigenvalue weighted by atomic mass is 10.0. The second kappa shape index (κ2) is 5.66. The minimum Gasteiger partial charge on any atom is -0.496 e. The van der Waals surface area contributed by atoms with Crippen molar-refractivity contribution in [2.75, 3.05) is 7.11 Å². The Balaban J connectivity index is 1.90. The van der Waals surface area contributed by atoms with E-state index in [1.54, 1.807) is 13.3 Å². The van der Waals surface area contributed by atoms with Gasteiger partial charge in [0.2, 0.25) is 0 Å². The Morgan fingerprint density at radius 2 is 2.10 bits per heavy atom. The topological polar surface area (TPSA) is 53.4 Å². The minimum absolute atomic E-state index is 0.140. The van der Waals surface area contributed by atoms with E-state index < -0.39 is 6.09 Å². The summed E-state index contributed by atoms with van der Waals surface area (Å²) in [6.07, 6.45) is 4.01. The smallest absolute Gasteiger partial charge is 0.419 e. The minimum atomic E-state index is -0.470. The summed E-state index contributed by atoms with van der Waals surface area (Å²) in [7, 11) is 1.60. The standard InChI is InChI=1S/C16H14N2O3/c1-20-15-7-6-12-4-2-3-5-13(12)14(15)10-21-16(19)18-9-8-17-11-18/h2-9,11H,10H2,1H3. The molecule has 0 aliphatic rings. The Morgan fingerprint density at radius 1 is 1.24 bits per heavy atom. The lowest BCUT2D eigenvalue weighted by Gasteiger charge is -2.12. The Hall–Kier alpha value is -2.82. The molecule has 3 aromatic rings. The molecule has 1 heterocycles. The fourth-order valence-corrected chi connectivity index (χ4v) is 2.23.